The molecule has 0 unspecified atom stereocenters. The zero-order chi connectivity index (χ0) is 32.6. The molecule has 1 aromatic carbocycles. The Labute approximate surface area is 252 Å². The largest absolute Gasteiger partial charge is 0.504 e. The van der Waals surface area contributed by atoms with Crippen LogP contribution < -0.4 is 4.74 Å². The van der Waals surface area contributed by atoms with Gasteiger partial charge in [0.05, 0.1) is 0 Å². The number of rotatable bonds is 11. The van der Waals surface area contributed by atoms with Crippen LogP contribution in [0.4, 0.5) is 0 Å². The summed E-state index contributed by atoms with van der Waals surface area (Å²) >= 11 is 0. The number of benzene rings is 1. The zero-order valence-corrected chi connectivity index (χ0v) is 24.8. The third-order valence-corrected chi connectivity index (χ3v) is 6.35. The molecule has 8 atom stereocenters. The highest BCUT2D eigenvalue weighted by Crippen LogP contribution is 2.38. The Balaban J connectivity index is 1.91. The molecule has 0 bridgehead atoms. The predicted molar refractivity (Wildman–Crippen MR) is 142 cm³/mol. The lowest BCUT2D eigenvalue weighted by Crippen LogP contribution is -2.59. The lowest BCUT2D eigenvalue weighted by Gasteiger charge is -2.44. The Morgan fingerprint density at radius 2 is 1.20 bits per heavy atom. The molecule has 2 saturated heterocycles. The van der Waals surface area contributed by atoms with E-state index in [9.17, 15) is 34.2 Å². The van der Waals surface area contributed by atoms with Crippen molar-refractivity contribution in [2.24, 2.45) is 0 Å². The first-order chi connectivity index (χ1) is 20.7. The van der Waals surface area contributed by atoms with Crippen LogP contribution in [0.1, 0.15) is 47.5 Å². The Bertz CT molecular complexity index is 1200. The first kappa shape index (κ1) is 34.3. The monoisotopic (exact) mass is 628 g/mol. The number of aromatic hydroxyl groups is 2. The highest BCUT2D eigenvalue weighted by molar-refractivity contribution is 5.68. The van der Waals surface area contributed by atoms with E-state index in [1.807, 2.05) is 0 Å². The molecule has 0 amide bonds. The average molecular weight is 629 g/mol. The van der Waals surface area contributed by atoms with Crippen molar-refractivity contribution >= 4 is 29.8 Å². The van der Waals surface area contributed by atoms with E-state index in [0.717, 1.165) is 20.8 Å². The maximum Gasteiger partial charge on any atom is 0.303 e. The predicted octanol–water partition coefficient (Wildman–Crippen LogP) is 1.01. The summed E-state index contributed by atoms with van der Waals surface area (Å²) in [6.07, 6.45) is -9.54. The number of hydrogen-bond donors (Lipinski definition) is 2. The van der Waals surface area contributed by atoms with E-state index >= 15 is 0 Å². The highest BCUT2D eigenvalue weighted by atomic mass is 16.7. The summed E-state index contributed by atoms with van der Waals surface area (Å²) in [5.41, 5.74) is 0. The highest BCUT2D eigenvalue weighted by Gasteiger charge is 2.49. The quantitative estimate of drug-likeness (QED) is 0.199. The normalized spacial score (nSPS) is 28.2. The van der Waals surface area contributed by atoms with E-state index in [-0.39, 0.29) is 25.2 Å². The van der Waals surface area contributed by atoms with E-state index in [1.54, 1.807) is 0 Å². The molecular formula is C28H36O16. The molecule has 16 heteroatoms. The van der Waals surface area contributed by atoms with Crippen molar-refractivity contribution in [1.29, 1.82) is 0 Å². The van der Waals surface area contributed by atoms with Crippen LogP contribution in [0.3, 0.4) is 0 Å². The van der Waals surface area contributed by atoms with Gasteiger partial charge in [0.25, 0.3) is 0 Å². The van der Waals surface area contributed by atoms with Crippen molar-refractivity contribution < 1.29 is 76.8 Å². The lowest BCUT2D eigenvalue weighted by molar-refractivity contribution is -0.316. The number of carbonyl (C=O) groups is 5. The van der Waals surface area contributed by atoms with Gasteiger partial charge in [0.15, 0.2) is 23.9 Å². The van der Waals surface area contributed by atoms with Gasteiger partial charge in [0.2, 0.25) is 12.0 Å². The lowest BCUT2D eigenvalue weighted by atomic mass is 9.99. The summed E-state index contributed by atoms with van der Waals surface area (Å²) < 4.78 is 50.4. The van der Waals surface area contributed by atoms with Crippen molar-refractivity contribution in [3.63, 3.8) is 0 Å². The number of phenols is 2. The second-order valence-corrected chi connectivity index (χ2v) is 10.00. The van der Waals surface area contributed by atoms with Crippen molar-refractivity contribution in [2.75, 3.05) is 13.2 Å². The molecule has 2 heterocycles. The Kier molecular flexibility index (Phi) is 12.1. The van der Waals surface area contributed by atoms with Crippen molar-refractivity contribution in [3.05, 3.63) is 18.2 Å². The number of phenolic OH excluding ortho intramolecular Hbond substituents is 2. The van der Waals surface area contributed by atoms with Crippen LogP contribution in [0.25, 0.3) is 0 Å². The van der Waals surface area contributed by atoms with Gasteiger partial charge in [-0.3, -0.25) is 24.0 Å². The van der Waals surface area contributed by atoms with Gasteiger partial charge >= 0.3 is 29.8 Å². The van der Waals surface area contributed by atoms with Crippen molar-refractivity contribution in [3.8, 4) is 17.2 Å². The molecule has 2 aliphatic heterocycles. The second kappa shape index (κ2) is 15.5. The molecule has 244 valence electrons. The fraction of sp³-hybridized carbons (Fsp3) is 0.607. The molecule has 2 aliphatic rings. The first-order valence-corrected chi connectivity index (χ1v) is 13.7. The topological polar surface area (TPSA) is 209 Å². The maximum absolute atomic E-state index is 12.1. The van der Waals surface area contributed by atoms with Gasteiger partial charge in [-0.2, -0.15) is 0 Å². The molecule has 16 nitrogen and oxygen atoms in total. The fourth-order valence-electron chi connectivity index (χ4n) is 4.71. The van der Waals surface area contributed by atoms with Gasteiger partial charge in [-0.25, -0.2) is 0 Å². The minimum absolute atomic E-state index is 0.133. The third kappa shape index (κ3) is 9.96. The number of carbonyl (C=O) groups excluding carboxylic acids is 5. The molecule has 3 rings (SSSR count). The van der Waals surface area contributed by atoms with E-state index in [0.29, 0.717) is 0 Å². The van der Waals surface area contributed by atoms with Crippen LogP contribution in [0, 0.1) is 0 Å². The standard InChI is InChI=1S/C28H36O16/c1-13(29)36-11-22-27(40-17(5)33)20(38-15(3)31)10-25(43-22)44-28-21(39-16(4)32)9-24(42-23(28)12-37-14(2)30)41-19-8-6-7-18(34)26(19)35/h6-8,20-25,27-28,34-35H,9-12H2,1-5H3/t20-,21-,22-,23-,24-,25+,27-,28+/m1/s1. The summed E-state index contributed by atoms with van der Waals surface area (Å²) in [4.78, 5) is 59.1. The Morgan fingerprint density at radius 1 is 0.705 bits per heavy atom. The minimum Gasteiger partial charge on any atom is -0.504 e. The number of ether oxygens (including phenoxy) is 9. The molecule has 0 saturated carbocycles. The Morgan fingerprint density at radius 3 is 1.75 bits per heavy atom. The smallest absolute Gasteiger partial charge is 0.303 e. The Hall–Kier alpha value is -4.15. The molecule has 0 aliphatic carbocycles. The second-order valence-electron chi connectivity index (χ2n) is 10.00. The number of para-hydroxylation sites is 1. The molecule has 2 N–H and O–H groups in total. The van der Waals surface area contributed by atoms with Gasteiger partial charge in [-0.05, 0) is 12.1 Å². The van der Waals surface area contributed by atoms with E-state index in [4.69, 9.17) is 42.6 Å². The SMILES string of the molecule is CC(=O)OC[C@H]1O[C@@H](O[C@H]2[C@H](OC(C)=O)C[C@H](Oc3cccc(O)c3O)O[C@@H]2COC(C)=O)C[C@@H](OC(C)=O)[C@H]1OC(C)=O. The van der Waals surface area contributed by atoms with Gasteiger partial charge in [-0.15, -0.1) is 0 Å². The summed E-state index contributed by atoms with van der Waals surface area (Å²) in [6.45, 7) is 5.02. The average Bonchev–Trinajstić information content (AvgIpc) is 2.91. The fourth-order valence-corrected chi connectivity index (χ4v) is 4.71. The van der Waals surface area contributed by atoms with Crippen LogP contribution in [0.5, 0.6) is 17.2 Å². The summed E-state index contributed by atoms with van der Waals surface area (Å²) in [5, 5.41) is 20.0. The molecule has 0 aromatic heterocycles. The van der Waals surface area contributed by atoms with Crippen LogP contribution in [-0.2, 0) is 61.9 Å². The number of esters is 5. The minimum atomic E-state index is -1.23. The molecule has 1 aromatic rings. The molecular weight excluding hydrogens is 592 g/mol. The zero-order valence-electron chi connectivity index (χ0n) is 24.8. The molecule has 2 fully saturated rings. The summed E-state index contributed by atoms with van der Waals surface area (Å²) in [7, 11) is 0. The number of hydrogen-bond acceptors (Lipinski definition) is 16. The summed E-state index contributed by atoms with van der Waals surface area (Å²) in [6, 6.07) is 4.04. The van der Waals surface area contributed by atoms with E-state index in [1.165, 1.54) is 32.0 Å². The molecule has 0 radical (unpaired) electrons. The third-order valence-electron chi connectivity index (χ3n) is 6.35. The van der Waals surface area contributed by atoms with Crippen LogP contribution in [0.2, 0.25) is 0 Å². The molecule has 0 spiro atoms. The van der Waals surface area contributed by atoms with E-state index in [2.05, 4.69) is 0 Å². The molecule has 44 heavy (non-hydrogen) atoms. The summed E-state index contributed by atoms with van der Waals surface area (Å²) in [5.74, 6) is -4.53. The van der Waals surface area contributed by atoms with Crippen molar-refractivity contribution in [2.45, 2.75) is 96.7 Å². The van der Waals surface area contributed by atoms with Crippen molar-refractivity contribution in [1.82, 2.24) is 0 Å². The maximum atomic E-state index is 12.1. The van der Waals surface area contributed by atoms with Gasteiger partial charge < -0.3 is 52.8 Å². The first-order valence-electron chi connectivity index (χ1n) is 13.7. The van der Waals surface area contributed by atoms with E-state index < -0.39 is 97.2 Å². The van der Waals surface area contributed by atoms with Gasteiger partial charge in [-0.1, -0.05) is 6.07 Å². The van der Waals surface area contributed by atoms with Gasteiger partial charge in [0, 0.05) is 47.5 Å². The van der Waals surface area contributed by atoms with Gasteiger partial charge in [0.1, 0.15) is 43.7 Å². The van der Waals surface area contributed by atoms with Crippen LogP contribution in [-0.4, -0.2) is 102 Å². The van der Waals surface area contributed by atoms with Crippen LogP contribution >= 0.6 is 0 Å². The van der Waals surface area contributed by atoms with Crippen LogP contribution in [0.15, 0.2) is 18.2 Å².